The molecule has 3 amide bonds. The lowest BCUT2D eigenvalue weighted by molar-refractivity contribution is -0.141. The number of hydrogen-bond acceptors (Lipinski definition) is 8. The third-order valence-electron chi connectivity index (χ3n) is 4.96. The number of methoxy groups -OCH3 is 1. The van der Waals surface area contributed by atoms with E-state index < -0.39 is 12.0 Å². The zero-order valence-electron chi connectivity index (χ0n) is 19.3. The lowest BCUT2D eigenvalue weighted by Gasteiger charge is -2.27. The summed E-state index contributed by atoms with van der Waals surface area (Å²) in [5.74, 6) is 0.997. The maximum Gasteiger partial charge on any atom is 0.325 e. The number of fused-ring (bicyclic) bond motifs is 1. The van der Waals surface area contributed by atoms with Gasteiger partial charge in [0.25, 0.3) is 0 Å². The minimum atomic E-state index is -0.570. The summed E-state index contributed by atoms with van der Waals surface area (Å²) in [6, 6.07) is 8.41. The van der Waals surface area contributed by atoms with Gasteiger partial charge < -0.3 is 38.5 Å². The number of hydrogen-bond donors (Lipinski definition) is 1. The van der Waals surface area contributed by atoms with E-state index in [0.29, 0.717) is 17.3 Å². The maximum atomic E-state index is 13.3. The second kappa shape index (κ2) is 12.5. The molecule has 34 heavy (non-hydrogen) atoms. The van der Waals surface area contributed by atoms with Gasteiger partial charge in [0, 0.05) is 20.2 Å². The number of amides is 3. The molecule has 0 spiro atoms. The van der Waals surface area contributed by atoms with E-state index >= 15 is 0 Å². The lowest BCUT2D eigenvalue weighted by atomic mass is 10.2. The molecule has 11 heteroatoms. The monoisotopic (exact) mass is 475 g/mol. The SMILES string of the molecule is CCOC(=O)CNC(=O)N(CCOC)CC(=O)N(Cc1ccc2c(c1)OCO2)Cc1ccco1. The van der Waals surface area contributed by atoms with Crippen molar-refractivity contribution in [2.45, 2.75) is 20.0 Å². The van der Waals surface area contributed by atoms with Crippen LogP contribution in [0.1, 0.15) is 18.2 Å². The van der Waals surface area contributed by atoms with Crippen LogP contribution in [-0.4, -0.2) is 74.5 Å². The molecule has 184 valence electrons. The van der Waals surface area contributed by atoms with Crippen LogP contribution in [0.15, 0.2) is 41.0 Å². The summed E-state index contributed by atoms with van der Waals surface area (Å²) >= 11 is 0. The molecule has 1 aliphatic rings. The van der Waals surface area contributed by atoms with Gasteiger partial charge in [-0.05, 0) is 36.8 Å². The summed E-state index contributed by atoms with van der Waals surface area (Å²) in [7, 11) is 1.50. The lowest BCUT2D eigenvalue weighted by Crippen LogP contribution is -2.48. The molecule has 0 aliphatic carbocycles. The number of nitrogens with zero attached hydrogens (tertiary/aromatic N) is 2. The fourth-order valence-electron chi connectivity index (χ4n) is 3.27. The smallest absolute Gasteiger partial charge is 0.325 e. The molecule has 2 heterocycles. The van der Waals surface area contributed by atoms with Crippen LogP contribution < -0.4 is 14.8 Å². The van der Waals surface area contributed by atoms with E-state index in [2.05, 4.69) is 5.32 Å². The van der Waals surface area contributed by atoms with Crippen LogP contribution in [0.5, 0.6) is 11.5 Å². The van der Waals surface area contributed by atoms with E-state index in [1.807, 2.05) is 12.1 Å². The fourth-order valence-corrected chi connectivity index (χ4v) is 3.27. The number of carbonyl (C=O) groups excluding carboxylic acids is 3. The summed E-state index contributed by atoms with van der Waals surface area (Å²) in [6.45, 7) is 2.39. The van der Waals surface area contributed by atoms with Gasteiger partial charge in [0.15, 0.2) is 11.5 Å². The van der Waals surface area contributed by atoms with Gasteiger partial charge in [-0.25, -0.2) is 4.79 Å². The number of ether oxygens (including phenoxy) is 4. The molecular formula is C23H29N3O8. The van der Waals surface area contributed by atoms with Crippen molar-refractivity contribution in [3.8, 4) is 11.5 Å². The highest BCUT2D eigenvalue weighted by atomic mass is 16.7. The topological polar surface area (TPSA) is 120 Å². The van der Waals surface area contributed by atoms with Crippen molar-refractivity contribution in [3.63, 3.8) is 0 Å². The third kappa shape index (κ3) is 7.14. The molecule has 0 atom stereocenters. The molecule has 0 radical (unpaired) electrons. The first kappa shape index (κ1) is 24.9. The van der Waals surface area contributed by atoms with Crippen molar-refractivity contribution >= 4 is 17.9 Å². The average Bonchev–Trinajstić information content (AvgIpc) is 3.51. The Balaban J connectivity index is 1.70. The Morgan fingerprint density at radius 2 is 1.91 bits per heavy atom. The molecule has 1 N–H and O–H groups in total. The molecule has 2 aromatic rings. The average molecular weight is 475 g/mol. The summed E-state index contributed by atoms with van der Waals surface area (Å²) in [5.41, 5.74) is 0.833. The first-order valence-corrected chi connectivity index (χ1v) is 10.9. The van der Waals surface area contributed by atoms with Crippen molar-refractivity contribution in [1.82, 2.24) is 15.1 Å². The van der Waals surface area contributed by atoms with Crippen LogP contribution in [0.2, 0.25) is 0 Å². The molecule has 0 unspecified atom stereocenters. The van der Waals surface area contributed by atoms with Gasteiger partial charge in [0.2, 0.25) is 12.7 Å². The fraction of sp³-hybridized carbons (Fsp3) is 0.435. The van der Waals surface area contributed by atoms with Crippen LogP contribution in [0.3, 0.4) is 0 Å². The predicted octanol–water partition coefficient (Wildman–Crippen LogP) is 1.76. The van der Waals surface area contributed by atoms with Gasteiger partial charge >= 0.3 is 12.0 Å². The Hall–Kier alpha value is -3.73. The summed E-state index contributed by atoms with van der Waals surface area (Å²) in [5, 5.41) is 2.48. The van der Waals surface area contributed by atoms with E-state index in [1.54, 1.807) is 30.0 Å². The van der Waals surface area contributed by atoms with Crippen LogP contribution in [-0.2, 0) is 32.2 Å². The first-order valence-electron chi connectivity index (χ1n) is 10.9. The Morgan fingerprint density at radius 1 is 1.09 bits per heavy atom. The maximum absolute atomic E-state index is 13.3. The van der Waals surface area contributed by atoms with Crippen LogP contribution >= 0.6 is 0 Å². The summed E-state index contributed by atoms with van der Waals surface area (Å²) in [4.78, 5) is 40.4. The van der Waals surface area contributed by atoms with Crippen molar-refractivity contribution in [2.75, 3.05) is 46.8 Å². The minimum absolute atomic E-state index is 0.156. The van der Waals surface area contributed by atoms with Gasteiger partial charge in [-0.15, -0.1) is 0 Å². The predicted molar refractivity (Wildman–Crippen MR) is 119 cm³/mol. The molecule has 0 saturated carbocycles. The molecule has 0 saturated heterocycles. The van der Waals surface area contributed by atoms with Gasteiger partial charge in [-0.3, -0.25) is 9.59 Å². The first-order chi connectivity index (χ1) is 16.5. The number of urea groups is 1. The molecule has 1 aromatic heterocycles. The normalized spacial score (nSPS) is 11.7. The number of carbonyl (C=O) groups is 3. The second-order valence-corrected chi connectivity index (χ2v) is 7.39. The van der Waals surface area contributed by atoms with Gasteiger partial charge in [-0.2, -0.15) is 0 Å². The van der Waals surface area contributed by atoms with E-state index in [0.717, 1.165) is 5.56 Å². The molecule has 0 fully saturated rings. The van der Waals surface area contributed by atoms with Crippen molar-refractivity contribution in [3.05, 3.63) is 47.9 Å². The number of rotatable bonds is 12. The summed E-state index contributed by atoms with van der Waals surface area (Å²) < 4.78 is 26.1. The highest BCUT2D eigenvalue weighted by Gasteiger charge is 2.24. The number of esters is 1. The van der Waals surface area contributed by atoms with Crippen LogP contribution in [0, 0.1) is 0 Å². The number of furan rings is 1. The third-order valence-corrected chi connectivity index (χ3v) is 4.96. The van der Waals surface area contributed by atoms with Crippen LogP contribution in [0.4, 0.5) is 4.79 Å². The standard InChI is InChI=1S/C23H29N3O8/c1-3-31-22(28)12-24-23(29)25(8-10-30-2)15-21(27)26(14-18-5-4-9-32-18)13-17-6-7-19-20(11-17)34-16-33-19/h4-7,9,11H,3,8,10,12-16H2,1-2H3,(H,24,29). The Bertz CT molecular complexity index is 963. The van der Waals surface area contributed by atoms with Crippen molar-refractivity contribution < 1.29 is 37.7 Å². The van der Waals surface area contributed by atoms with E-state index in [9.17, 15) is 14.4 Å². The Labute approximate surface area is 197 Å². The van der Waals surface area contributed by atoms with Gasteiger partial charge in [-0.1, -0.05) is 6.07 Å². The molecule has 1 aromatic carbocycles. The quantitative estimate of drug-likeness (QED) is 0.461. The Morgan fingerprint density at radius 3 is 2.65 bits per heavy atom. The zero-order valence-corrected chi connectivity index (χ0v) is 19.3. The zero-order chi connectivity index (χ0) is 24.3. The van der Waals surface area contributed by atoms with Crippen molar-refractivity contribution in [2.24, 2.45) is 0 Å². The highest BCUT2D eigenvalue weighted by molar-refractivity contribution is 5.86. The molecule has 1 aliphatic heterocycles. The Kier molecular flexibility index (Phi) is 9.15. The van der Waals surface area contributed by atoms with E-state index in [4.69, 9.17) is 23.4 Å². The molecule has 11 nitrogen and oxygen atoms in total. The molecule has 0 bridgehead atoms. The summed E-state index contributed by atoms with van der Waals surface area (Å²) in [6.07, 6.45) is 1.53. The van der Waals surface area contributed by atoms with E-state index in [-0.39, 0.29) is 58.6 Å². The van der Waals surface area contributed by atoms with Crippen molar-refractivity contribution in [1.29, 1.82) is 0 Å². The molecule has 3 rings (SSSR count). The minimum Gasteiger partial charge on any atom is -0.467 e. The largest absolute Gasteiger partial charge is 0.467 e. The van der Waals surface area contributed by atoms with Gasteiger partial charge in [0.1, 0.15) is 18.8 Å². The van der Waals surface area contributed by atoms with Crippen LogP contribution in [0.25, 0.3) is 0 Å². The number of benzene rings is 1. The highest BCUT2D eigenvalue weighted by Crippen LogP contribution is 2.33. The van der Waals surface area contributed by atoms with Gasteiger partial charge in [0.05, 0.1) is 26.0 Å². The number of nitrogens with one attached hydrogen (secondary N) is 1. The second-order valence-electron chi connectivity index (χ2n) is 7.39. The van der Waals surface area contributed by atoms with E-state index in [1.165, 1.54) is 18.3 Å². The molecular weight excluding hydrogens is 446 g/mol.